The minimum atomic E-state index is 0.516. The zero-order valence-electron chi connectivity index (χ0n) is 13.9. The fourth-order valence-electron chi connectivity index (χ4n) is 2.41. The van der Waals surface area contributed by atoms with E-state index in [1.54, 1.807) is 0 Å². The summed E-state index contributed by atoms with van der Waals surface area (Å²) < 4.78 is 0. The molecule has 0 aliphatic carbocycles. The molecule has 116 valence electrons. The summed E-state index contributed by atoms with van der Waals surface area (Å²) in [7, 11) is 0. The van der Waals surface area contributed by atoms with Crippen LogP contribution in [-0.4, -0.2) is 18.8 Å². The summed E-state index contributed by atoms with van der Waals surface area (Å²) in [5.41, 5.74) is 0. The summed E-state index contributed by atoms with van der Waals surface area (Å²) >= 11 is 0. The molecule has 0 saturated heterocycles. The molecule has 0 bridgehead atoms. The average Bonchev–Trinajstić information content (AvgIpc) is 2.37. The van der Waals surface area contributed by atoms with E-state index < -0.39 is 0 Å². The zero-order valence-corrected chi connectivity index (χ0v) is 13.9. The Bertz CT molecular complexity index is 169. The second-order valence-electron chi connectivity index (χ2n) is 6.09. The number of hydrogen-bond acceptors (Lipinski definition) is 2. The lowest BCUT2D eigenvalue weighted by Gasteiger charge is -2.22. The lowest BCUT2D eigenvalue weighted by Crippen LogP contribution is -2.45. The highest BCUT2D eigenvalue weighted by molar-refractivity contribution is 4.67. The maximum Gasteiger partial charge on any atom is 0.0573 e. The third kappa shape index (κ3) is 14.1. The quantitative estimate of drug-likeness (QED) is 0.348. The molecule has 0 heterocycles. The van der Waals surface area contributed by atoms with Crippen LogP contribution >= 0.6 is 0 Å². The first-order valence-electron chi connectivity index (χ1n) is 8.70. The van der Waals surface area contributed by atoms with Crippen molar-refractivity contribution in [2.75, 3.05) is 6.54 Å². The van der Waals surface area contributed by atoms with Crippen LogP contribution in [0.4, 0.5) is 0 Å². The van der Waals surface area contributed by atoms with Gasteiger partial charge in [-0.25, -0.2) is 0 Å². The summed E-state index contributed by atoms with van der Waals surface area (Å²) in [4.78, 5) is 0. The summed E-state index contributed by atoms with van der Waals surface area (Å²) in [6.45, 7) is 10.2. The maximum absolute atomic E-state index is 3.65. The fourth-order valence-corrected chi connectivity index (χ4v) is 2.41. The van der Waals surface area contributed by atoms with Gasteiger partial charge in [-0.05, 0) is 33.2 Å². The molecule has 0 spiro atoms. The molecule has 2 heteroatoms. The molecule has 0 aliphatic heterocycles. The monoisotopic (exact) mass is 270 g/mol. The van der Waals surface area contributed by atoms with Gasteiger partial charge < -0.3 is 5.32 Å². The Labute approximate surface area is 122 Å². The van der Waals surface area contributed by atoms with Crippen LogP contribution in [0.2, 0.25) is 0 Å². The van der Waals surface area contributed by atoms with Crippen LogP contribution in [0.5, 0.6) is 0 Å². The predicted molar refractivity (Wildman–Crippen MR) is 87.6 cm³/mol. The lowest BCUT2D eigenvalue weighted by atomic mass is 10.1. The van der Waals surface area contributed by atoms with E-state index >= 15 is 0 Å². The van der Waals surface area contributed by atoms with Gasteiger partial charge in [0.2, 0.25) is 0 Å². The first-order chi connectivity index (χ1) is 9.20. The molecule has 1 unspecified atom stereocenters. The molecule has 0 saturated carbocycles. The molecule has 0 aromatic rings. The van der Waals surface area contributed by atoms with Gasteiger partial charge >= 0.3 is 0 Å². The summed E-state index contributed by atoms with van der Waals surface area (Å²) in [6, 6.07) is 0.573. The molecule has 0 rings (SSSR count). The van der Waals surface area contributed by atoms with Crippen molar-refractivity contribution in [3.8, 4) is 0 Å². The van der Waals surface area contributed by atoms with Crippen molar-refractivity contribution < 1.29 is 0 Å². The Morgan fingerprint density at radius 3 is 1.89 bits per heavy atom. The van der Waals surface area contributed by atoms with Crippen LogP contribution in [0.25, 0.3) is 0 Å². The van der Waals surface area contributed by atoms with Crippen LogP contribution < -0.4 is 10.6 Å². The van der Waals surface area contributed by atoms with E-state index in [0.29, 0.717) is 12.2 Å². The van der Waals surface area contributed by atoms with Gasteiger partial charge in [0.25, 0.3) is 0 Å². The van der Waals surface area contributed by atoms with Crippen LogP contribution in [0, 0.1) is 0 Å². The van der Waals surface area contributed by atoms with Gasteiger partial charge in [-0.15, -0.1) is 0 Å². The predicted octanol–water partition coefficient (Wildman–Crippen LogP) is 4.84. The minimum absolute atomic E-state index is 0.516. The van der Waals surface area contributed by atoms with Crippen molar-refractivity contribution in [3.05, 3.63) is 0 Å². The van der Waals surface area contributed by atoms with Crippen LogP contribution in [0.3, 0.4) is 0 Å². The highest BCUT2D eigenvalue weighted by Gasteiger charge is 2.08. The molecular weight excluding hydrogens is 232 g/mol. The molecular formula is C17H38N2. The van der Waals surface area contributed by atoms with Crippen LogP contribution in [0.15, 0.2) is 0 Å². The largest absolute Gasteiger partial charge is 0.302 e. The normalized spacial score (nSPS) is 13.1. The molecule has 2 nitrogen and oxygen atoms in total. The van der Waals surface area contributed by atoms with E-state index in [4.69, 9.17) is 0 Å². The molecule has 0 aromatic heterocycles. The Morgan fingerprint density at radius 1 is 0.737 bits per heavy atom. The van der Waals surface area contributed by atoms with Gasteiger partial charge in [0.05, 0.1) is 6.17 Å². The van der Waals surface area contributed by atoms with Crippen molar-refractivity contribution in [2.24, 2.45) is 0 Å². The van der Waals surface area contributed by atoms with Gasteiger partial charge in [0.15, 0.2) is 0 Å². The van der Waals surface area contributed by atoms with E-state index in [1.807, 2.05) is 0 Å². The van der Waals surface area contributed by atoms with Gasteiger partial charge in [0, 0.05) is 6.04 Å². The van der Waals surface area contributed by atoms with Crippen molar-refractivity contribution in [1.82, 2.24) is 10.6 Å². The van der Waals surface area contributed by atoms with Crippen molar-refractivity contribution in [1.29, 1.82) is 0 Å². The van der Waals surface area contributed by atoms with E-state index in [2.05, 4.69) is 38.3 Å². The van der Waals surface area contributed by atoms with E-state index in [-0.39, 0.29) is 0 Å². The SMILES string of the molecule is CCCCCCCCCC(NCCCC)NC(C)C. The van der Waals surface area contributed by atoms with E-state index in [1.165, 1.54) is 64.2 Å². The van der Waals surface area contributed by atoms with Crippen LogP contribution in [0.1, 0.15) is 91.9 Å². The number of nitrogens with one attached hydrogen (secondary N) is 2. The van der Waals surface area contributed by atoms with Crippen molar-refractivity contribution in [2.45, 2.75) is 104 Å². The minimum Gasteiger partial charge on any atom is -0.302 e. The molecule has 0 fully saturated rings. The van der Waals surface area contributed by atoms with Crippen molar-refractivity contribution >= 4 is 0 Å². The standard InChI is InChI=1S/C17H38N2/c1-5-7-9-10-11-12-13-14-17(19-16(3)4)18-15-8-6-2/h16-19H,5-15H2,1-4H3. The zero-order chi connectivity index (χ0) is 14.3. The fraction of sp³-hybridized carbons (Fsp3) is 1.00. The van der Waals surface area contributed by atoms with E-state index in [0.717, 1.165) is 6.54 Å². The molecule has 1 atom stereocenters. The number of unbranched alkanes of at least 4 members (excludes halogenated alkanes) is 7. The Morgan fingerprint density at radius 2 is 1.32 bits per heavy atom. The van der Waals surface area contributed by atoms with Gasteiger partial charge in [-0.3, -0.25) is 5.32 Å². The molecule has 2 N–H and O–H groups in total. The lowest BCUT2D eigenvalue weighted by molar-refractivity contribution is 0.357. The Kier molecular flexibility index (Phi) is 14.3. The van der Waals surface area contributed by atoms with Gasteiger partial charge in [-0.2, -0.15) is 0 Å². The highest BCUT2D eigenvalue weighted by atomic mass is 15.1. The molecule has 0 aromatic carbocycles. The molecule has 0 radical (unpaired) electrons. The first-order valence-corrected chi connectivity index (χ1v) is 8.70. The summed E-state index contributed by atoms with van der Waals surface area (Å²) in [5.74, 6) is 0. The molecule has 0 amide bonds. The van der Waals surface area contributed by atoms with Gasteiger partial charge in [0.1, 0.15) is 0 Å². The number of hydrogen-bond donors (Lipinski definition) is 2. The topological polar surface area (TPSA) is 24.1 Å². The third-order valence-electron chi connectivity index (χ3n) is 3.55. The first kappa shape index (κ1) is 18.9. The van der Waals surface area contributed by atoms with E-state index in [9.17, 15) is 0 Å². The second kappa shape index (κ2) is 14.3. The van der Waals surface area contributed by atoms with Crippen molar-refractivity contribution in [3.63, 3.8) is 0 Å². The molecule has 19 heavy (non-hydrogen) atoms. The second-order valence-corrected chi connectivity index (χ2v) is 6.09. The van der Waals surface area contributed by atoms with Crippen LogP contribution in [-0.2, 0) is 0 Å². The summed E-state index contributed by atoms with van der Waals surface area (Å²) in [5, 5.41) is 7.29. The number of rotatable bonds is 14. The Hall–Kier alpha value is -0.0800. The molecule has 0 aliphatic rings. The third-order valence-corrected chi connectivity index (χ3v) is 3.55. The smallest absolute Gasteiger partial charge is 0.0573 e. The van der Waals surface area contributed by atoms with Gasteiger partial charge in [-0.1, -0.05) is 65.2 Å². The maximum atomic E-state index is 3.65. The average molecular weight is 271 g/mol. The summed E-state index contributed by atoms with van der Waals surface area (Å²) in [6.07, 6.45) is 14.1. The Balaban J connectivity index is 3.55. The highest BCUT2D eigenvalue weighted by Crippen LogP contribution is 2.09.